The Morgan fingerprint density at radius 2 is 1.93 bits per heavy atom. The van der Waals surface area contributed by atoms with Gasteiger partial charge in [0.05, 0.1) is 6.61 Å². The average Bonchev–Trinajstić information content (AvgIpc) is 3.06. The summed E-state index contributed by atoms with van der Waals surface area (Å²) in [5, 5.41) is 20.4. The predicted molar refractivity (Wildman–Crippen MR) is 95.1 cm³/mol. The predicted octanol–water partition coefficient (Wildman–Crippen LogP) is 3.47. The van der Waals surface area contributed by atoms with Crippen molar-refractivity contribution in [2.75, 3.05) is 6.54 Å². The third-order valence-electron chi connectivity index (χ3n) is 5.06. The Hall–Kier alpha value is -2.06. The summed E-state index contributed by atoms with van der Waals surface area (Å²) in [7, 11) is 0. The van der Waals surface area contributed by atoms with Gasteiger partial charge >= 0.3 is 6.18 Å². The number of rotatable bonds is 2. The Morgan fingerprint density at radius 3 is 2.56 bits per heavy atom. The molecule has 1 aliphatic carbocycles. The molecular weight excluding hydrogens is 381 g/mol. The highest BCUT2D eigenvalue weighted by Crippen LogP contribution is 2.52. The van der Waals surface area contributed by atoms with Crippen LogP contribution in [-0.2, 0) is 18.6 Å². The zero-order valence-corrected chi connectivity index (χ0v) is 14.8. The maximum absolute atomic E-state index is 13.9. The molecule has 0 spiro atoms. The topological polar surface area (TPSA) is 55.7 Å². The normalized spacial score (nSPS) is 21.7. The molecule has 0 bridgehead atoms. The van der Waals surface area contributed by atoms with Gasteiger partial charge in [0, 0.05) is 36.5 Å². The van der Waals surface area contributed by atoms with Crippen molar-refractivity contribution in [1.29, 1.82) is 0 Å². The number of hydrogen-bond donors (Lipinski definition) is 3. The summed E-state index contributed by atoms with van der Waals surface area (Å²) in [5.74, 6) is 0. The van der Waals surface area contributed by atoms with Gasteiger partial charge in [0.15, 0.2) is 5.60 Å². The second kappa shape index (κ2) is 6.24. The Balaban J connectivity index is 2.08. The first-order chi connectivity index (χ1) is 12.7. The van der Waals surface area contributed by atoms with Crippen molar-refractivity contribution in [3.8, 4) is 11.1 Å². The van der Waals surface area contributed by atoms with E-state index in [4.69, 9.17) is 11.8 Å². The molecular formula is C19H16ClF3N2O2. The maximum Gasteiger partial charge on any atom is 0.421 e. The molecule has 4 nitrogen and oxygen atoms in total. The van der Waals surface area contributed by atoms with Gasteiger partial charge < -0.3 is 10.2 Å². The van der Waals surface area contributed by atoms with Gasteiger partial charge in [-0.05, 0) is 45.5 Å². The van der Waals surface area contributed by atoms with Crippen LogP contribution >= 0.6 is 11.8 Å². The van der Waals surface area contributed by atoms with E-state index in [1.165, 1.54) is 10.6 Å². The Kier molecular flexibility index (Phi) is 4.23. The Labute approximate surface area is 158 Å². The molecule has 8 heteroatoms. The lowest BCUT2D eigenvalue weighted by Gasteiger charge is -2.38. The van der Waals surface area contributed by atoms with Crippen LogP contribution < -0.4 is 5.43 Å². The van der Waals surface area contributed by atoms with E-state index in [0.717, 1.165) is 0 Å². The van der Waals surface area contributed by atoms with E-state index in [1.54, 1.807) is 36.5 Å². The van der Waals surface area contributed by atoms with Crippen LogP contribution in [0.3, 0.4) is 0 Å². The molecule has 2 aliphatic rings. The molecule has 0 saturated heterocycles. The van der Waals surface area contributed by atoms with Crippen molar-refractivity contribution < 1.29 is 23.4 Å². The molecule has 0 radical (unpaired) electrons. The van der Waals surface area contributed by atoms with Crippen molar-refractivity contribution >= 4 is 17.3 Å². The minimum Gasteiger partial charge on any atom is -0.392 e. The first-order valence-corrected chi connectivity index (χ1v) is 8.63. The molecule has 0 saturated carbocycles. The molecule has 4 rings (SSSR count). The quantitative estimate of drug-likeness (QED) is 0.680. The van der Waals surface area contributed by atoms with Crippen LogP contribution in [0.15, 0.2) is 42.6 Å². The lowest BCUT2D eigenvalue weighted by molar-refractivity contribution is -0.266. The summed E-state index contributed by atoms with van der Waals surface area (Å²) in [5.41, 5.74) is 2.38. The first-order valence-electron chi connectivity index (χ1n) is 8.30. The van der Waals surface area contributed by atoms with Gasteiger partial charge in [-0.25, -0.2) is 9.95 Å². The lowest BCUT2D eigenvalue weighted by Crippen LogP contribution is -2.46. The molecule has 0 amide bonds. The standard InChI is InChI=1S/C19H16ClF3N2O2/c20-25-9-13(8-24-25)15-5-11(10-26)6-16-17(15)14-4-2-1-3-12(14)7-18(16,27)19(21,22)23/h1-6,9,24,26-27H,7-8,10H2. The molecule has 2 aromatic rings. The third-order valence-corrected chi connectivity index (χ3v) is 5.28. The van der Waals surface area contributed by atoms with Gasteiger partial charge in [-0.3, -0.25) is 0 Å². The van der Waals surface area contributed by atoms with E-state index in [0.29, 0.717) is 39.9 Å². The number of aliphatic hydroxyl groups is 2. The number of halogens is 4. The minimum absolute atomic E-state index is 0.246. The number of hydrazine groups is 1. The minimum atomic E-state index is -4.87. The van der Waals surface area contributed by atoms with E-state index < -0.39 is 24.8 Å². The summed E-state index contributed by atoms with van der Waals surface area (Å²) in [6.07, 6.45) is -3.88. The second-order valence-corrected chi connectivity index (χ2v) is 7.08. The van der Waals surface area contributed by atoms with E-state index in [-0.39, 0.29) is 5.56 Å². The van der Waals surface area contributed by atoms with Crippen LogP contribution in [-0.4, -0.2) is 27.5 Å². The van der Waals surface area contributed by atoms with E-state index in [9.17, 15) is 23.4 Å². The molecule has 1 atom stereocenters. The van der Waals surface area contributed by atoms with Gasteiger partial charge in [-0.15, -0.1) is 0 Å². The fourth-order valence-corrected chi connectivity index (χ4v) is 3.94. The molecule has 1 unspecified atom stereocenters. The summed E-state index contributed by atoms with van der Waals surface area (Å²) in [6.45, 7) is -0.126. The van der Waals surface area contributed by atoms with Crippen LogP contribution in [0.25, 0.3) is 16.7 Å². The number of benzene rings is 2. The first kappa shape index (κ1) is 18.3. The maximum atomic E-state index is 13.9. The Bertz CT molecular complexity index is 945. The molecule has 1 aliphatic heterocycles. The molecule has 142 valence electrons. The highest BCUT2D eigenvalue weighted by atomic mass is 35.5. The summed E-state index contributed by atoms with van der Waals surface area (Å²) in [6, 6.07) is 9.62. The zero-order chi connectivity index (χ0) is 19.4. The van der Waals surface area contributed by atoms with Crippen LogP contribution in [0, 0.1) is 0 Å². The number of nitrogens with zero attached hydrogens (tertiary/aromatic N) is 1. The summed E-state index contributed by atoms with van der Waals surface area (Å²) in [4.78, 5) is 0. The molecule has 1 heterocycles. The van der Waals surface area contributed by atoms with Crippen LogP contribution in [0.4, 0.5) is 13.2 Å². The molecule has 2 aromatic carbocycles. The van der Waals surface area contributed by atoms with E-state index in [1.807, 2.05) is 0 Å². The monoisotopic (exact) mass is 396 g/mol. The fraction of sp³-hybridized carbons (Fsp3) is 0.263. The lowest BCUT2D eigenvalue weighted by atomic mass is 9.72. The summed E-state index contributed by atoms with van der Waals surface area (Å²) < 4.78 is 43.0. The zero-order valence-electron chi connectivity index (χ0n) is 14.0. The fourth-order valence-electron chi connectivity index (χ4n) is 3.76. The molecule has 27 heavy (non-hydrogen) atoms. The largest absolute Gasteiger partial charge is 0.421 e. The van der Waals surface area contributed by atoms with Crippen molar-refractivity contribution in [2.45, 2.75) is 24.8 Å². The number of aliphatic hydroxyl groups excluding tert-OH is 1. The molecule has 0 aromatic heterocycles. The summed E-state index contributed by atoms with van der Waals surface area (Å²) >= 11 is 5.91. The number of nitrogens with one attached hydrogen (secondary N) is 1. The van der Waals surface area contributed by atoms with Gasteiger partial charge in [-0.2, -0.15) is 13.2 Å². The van der Waals surface area contributed by atoms with Crippen molar-refractivity contribution in [3.05, 3.63) is 64.9 Å². The van der Waals surface area contributed by atoms with Crippen molar-refractivity contribution in [1.82, 2.24) is 9.95 Å². The smallest absolute Gasteiger partial charge is 0.392 e. The van der Waals surface area contributed by atoms with Gasteiger partial charge in [0.2, 0.25) is 0 Å². The third kappa shape index (κ3) is 2.82. The van der Waals surface area contributed by atoms with Crippen LogP contribution in [0.1, 0.15) is 22.3 Å². The van der Waals surface area contributed by atoms with Crippen molar-refractivity contribution in [3.63, 3.8) is 0 Å². The molecule has 3 N–H and O–H groups in total. The Morgan fingerprint density at radius 1 is 1.19 bits per heavy atom. The number of fused-ring (bicyclic) bond motifs is 3. The SMILES string of the molecule is OCc1cc(C2=CN(Cl)NC2)c2c(c1)C(O)(C(F)(F)F)Cc1ccccc1-2. The average molecular weight is 397 g/mol. The highest BCUT2D eigenvalue weighted by Gasteiger charge is 2.57. The van der Waals surface area contributed by atoms with E-state index in [2.05, 4.69) is 5.43 Å². The number of hydrogen-bond acceptors (Lipinski definition) is 4. The van der Waals surface area contributed by atoms with Crippen LogP contribution in [0.5, 0.6) is 0 Å². The van der Waals surface area contributed by atoms with Gasteiger partial charge in [0.1, 0.15) is 0 Å². The molecule has 0 fully saturated rings. The van der Waals surface area contributed by atoms with E-state index >= 15 is 0 Å². The van der Waals surface area contributed by atoms with Gasteiger partial charge in [-0.1, -0.05) is 24.3 Å². The van der Waals surface area contributed by atoms with Crippen molar-refractivity contribution in [2.24, 2.45) is 0 Å². The van der Waals surface area contributed by atoms with Crippen LogP contribution in [0.2, 0.25) is 0 Å². The second-order valence-electron chi connectivity index (χ2n) is 6.72. The number of alkyl halides is 3. The van der Waals surface area contributed by atoms with Gasteiger partial charge in [0.25, 0.3) is 0 Å². The highest BCUT2D eigenvalue weighted by molar-refractivity contribution is 6.14.